The van der Waals surface area contributed by atoms with Crippen LogP contribution in [0, 0.1) is 0 Å². The van der Waals surface area contributed by atoms with Crippen molar-refractivity contribution in [3.63, 3.8) is 0 Å². The summed E-state index contributed by atoms with van der Waals surface area (Å²) in [5, 5.41) is -1.20. The molecule has 12 heavy (non-hydrogen) atoms. The van der Waals surface area contributed by atoms with Gasteiger partial charge in [-0.1, -0.05) is 11.6 Å². The lowest BCUT2D eigenvalue weighted by Crippen LogP contribution is -2.52. The second-order valence-electron chi connectivity index (χ2n) is 2.22. The summed E-state index contributed by atoms with van der Waals surface area (Å²) >= 11 is 4.89. The number of rotatable bonds is 2. The van der Waals surface area contributed by atoms with Gasteiger partial charge in [0.25, 0.3) is 0 Å². The quantitative estimate of drug-likeness (QED) is 0.629. The smallest absolute Gasteiger partial charge is 0.372 e. The average Bonchev–Trinajstić information content (AvgIpc) is 1.98. The summed E-state index contributed by atoms with van der Waals surface area (Å²) in [5.41, 5.74) is 0. The Balaban J connectivity index is 2.95. The minimum absolute atomic E-state index is 0.114. The van der Waals surface area contributed by atoms with Crippen LogP contribution in [0.5, 0.6) is 0 Å². The van der Waals surface area contributed by atoms with E-state index in [1.807, 2.05) is 0 Å². The third-order valence-electron chi connectivity index (χ3n) is 1.44. The van der Waals surface area contributed by atoms with E-state index in [4.69, 9.17) is 11.6 Å². The maximum atomic E-state index is 12.4. The molecule has 1 rings (SSSR count). The molecule has 0 atom stereocenters. The van der Waals surface area contributed by atoms with Gasteiger partial charge in [0.15, 0.2) is 5.76 Å². The van der Waals surface area contributed by atoms with Crippen LogP contribution in [-0.2, 0) is 4.74 Å². The fraction of sp³-hybridized carbons (Fsp3) is 0.667. The monoisotopic (exact) mass is 204 g/mol. The Kier molecular flexibility index (Phi) is 2.02. The number of allylic oxidation sites excluding steroid dienone is 2. The van der Waals surface area contributed by atoms with E-state index in [-0.39, 0.29) is 6.61 Å². The molecule has 0 radical (unpaired) electrons. The first-order valence-corrected chi connectivity index (χ1v) is 3.52. The molecule has 0 aromatic heterocycles. The van der Waals surface area contributed by atoms with Gasteiger partial charge in [-0.2, -0.15) is 17.6 Å². The van der Waals surface area contributed by atoms with Gasteiger partial charge in [0.1, 0.15) is 5.03 Å². The van der Waals surface area contributed by atoms with Crippen LogP contribution in [0.3, 0.4) is 0 Å². The van der Waals surface area contributed by atoms with Crippen LogP contribution in [0.25, 0.3) is 0 Å². The van der Waals surface area contributed by atoms with Crippen molar-refractivity contribution in [2.24, 2.45) is 0 Å². The zero-order valence-corrected chi connectivity index (χ0v) is 6.76. The molecule has 0 saturated heterocycles. The van der Waals surface area contributed by atoms with Crippen molar-refractivity contribution < 1.29 is 22.3 Å². The molecule has 1 aliphatic rings. The Bertz CT molecular complexity index is 236. The van der Waals surface area contributed by atoms with Crippen LogP contribution in [0.1, 0.15) is 6.92 Å². The molecule has 0 aromatic rings. The van der Waals surface area contributed by atoms with Crippen LogP contribution < -0.4 is 0 Å². The molecule has 0 fully saturated rings. The van der Waals surface area contributed by atoms with Crippen molar-refractivity contribution in [3.05, 3.63) is 10.8 Å². The first-order valence-electron chi connectivity index (χ1n) is 3.14. The summed E-state index contributed by atoms with van der Waals surface area (Å²) < 4.78 is 53.6. The van der Waals surface area contributed by atoms with Crippen molar-refractivity contribution in [2.75, 3.05) is 6.61 Å². The Morgan fingerprint density at radius 3 is 2.08 bits per heavy atom. The normalized spacial score (nSPS) is 25.2. The molecule has 0 aromatic carbocycles. The van der Waals surface area contributed by atoms with Gasteiger partial charge in [-0.25, -0.2) is 0 Å². The van der Waals surface area contributed by atoms with Crippen molar-refractivity contribution in [1.82, 2.24) is 0 Å². The molecule has 6 heteroatoms. The first kappa shape index (κ1) is 9.64. The standard InChI is InChI=1S/C6H5ClF4O/c1-2-12-4-3(7)5(8,9)6(4,10)11/h2H2,1H3. The fourth-order valence-electron chi connectivity index (χ4n) is 0.797. The predicted molar refractivity (Wildman–Crippen MR) is 34.4 cm³/mol. The van der Waals surface area contributed by atoms with Crippen LogP contribution >= 0.6 is 11.6 Å². The summed E-state index contributed by atoms with van der Waals surface area (Å²) in [5.74, 6) is -9.63. The molecule has 0 N–H and O–H groups in total. The van der Waals surface area contributed by atoms with Crippen LogP contribution in [0.4, 0.5) is 17.6 Å². The van der Waals surface area contributed by atoms with Crippen molar-refractivity contribution in [1.29, 1.82) is 0 Å². The number of alkyl halides is 4. The van der Waals surface area contributed by atoms with E-state index in [1.54, 1.807) is 0 Å². The lowest BCUT2D eigenvalue weighted by atomic mass is 9.97. The van der Waals surface area contributed by atoms with Gasteiger partial charge in [-0.3, -0.25) is 0 Å². The van der Waals surface area contributed by atoms with Crippen molar-refractivity contribution in [2.45, 2.75) is 18.8 Å². The summed E-state index contributed by atoms with van der Waals surface area (Å²) in [6.45, 7) is 1.29. The zero-order chi connectivity index (χ0) is 9.57. The zero-order valence-electron chi connectivity index (χ0n) is 6.01. The van der Waals surface area contributed by atoms with Crippen LogP contribution in [-0.4, -0.2) is 18.5 Å². The van der Waals surface area contributed by atoms with E-state index in [0.29, 0.717) is 0 Å². The van der Waals surface area contributed by atoms with E-state index >= 15 is 0 Å². The largest absolute Gasteiger partial charge is 0.490 e. The van der Waals surface area contributed by atoms with Gasteiger partial charge in [-0.15, -0.1) is 0 Å². The number of halogens is 5. The Morgan fingerprint density at radius 1 is 1.25 bits per heavy atom. The highest BCUT2D eigenvalue weighted by molar-refractivity contribution is 6.32. The van der Waals surface area contributed by atoms with E-state index in [9.17, 15) is 17.6 Å². The molecule has 0 heterocycles. The highest BCUT2D eigenvalue weighted by atomic mass is 35.5. The first-order chi connectivity index (χ1) is 5.35. The predicted octanol–water partition coefficient (Wildman–Crippen LogP) is 2.76. The second kappa shape index (κ2) is 2.52. The van der Waals surface area contributed by atoms with Gasteiger partial charge in [-0.05, 0) is 6.92 Å². The lowest BCUT2D eigenvalue weighted by molar-refractivity contribution is -0.212. The Labute approximate surface area is 70.9 Å². The van der Waals surface area contributed by atoms with Crippen LogP contribution in [0.15, 0.2) is 10.8 Å². The maximum absolute atomic E-state index is 12.4. The molecule has 70 valence electrons. The highest BCUT2D eigenvalue weighted by Crippen LogP contribution is 2.57. The topological polar surface area (TPSA) is 9.23 Å². The van der Waals surface area contributed by atoms with Gasteiger partial charge in [0.05, 0.1) is 6.61 Å². The molecule has 0 saturated carbocycles. The van der Waals surface area contributed by atoms with Gasteiger partial charge in [0, 0.05) is 0 Å². The molecular weight excluding hydrogens is 200 g/mol. The maximum Gasteiger partial charge on any atom is 0.372 e. The average molecular weight is 205 g/mol. The third-order valence-corrected chi connectivity index (χ3v) is 1.85. The van der Waals surface area contributed by atoms with Gasteiger partial charge >= 0.3 is 11.8 Å². The molecule has 1 aliphatic carbocycles. The van der Waals surface area contributed by atoms with Crippen molar-refractivity contribution >= 4 is 11.6 Å². The molecule has 1 nitrogen and oxygen atoms in total. The third kappa shape index (κ3) is 0.920. The summed E-state index contributed by atoms with van der Waals surface area (Å²) in [7, 11) is 0. The summed E-state index contributed by atoms with van der Waals surface area (Å²) in [4.78, 5) is 0. The lowest BCUT2D eigenvalue weighted by Gasteiger charge is -2.36. The molecule has 0 unspecified atom stereocenters. The minimum atomic E-state index is -4.26. The molecule has 0 amide bonds. The SMILES string of the molecule is CCOC1=C(Cl)C(F)(F)C1(F)F. The Morgan fingerprint density at radius 2 is 1.75 bits per heavy atom. The van der Waals surface area contributed by atoms with Crippen LogP contribution in [0.2, 0.25) is 0 Å². The minimum Gasteiger partial charge on any atom is -0.490 e. The molecule has 0 bridgehead atoms. The summed E-state index contributed by atoms with van der Waals surface area (Å²) in [6.07, 6.45) is 0. The van der Waals surface area contributed by atoms with E-state index in [0.717, 1.165) is 0 Å². The molecule has 0 spiro atoms. The fourth-order valence-corrected chi connectivity index (χ4v) is 1.09. The number of hydrogen-bond acceptors (Lipinski definition) is 1. The summed E-state index contributed by atoms with van der Waals surface area (Å²) in [6, 6.07) is 0. The van der Waals surface area contributed by atoms with E-state index in [2.05, 4.69) is 4.74 Å². The van der Waals surface area contributed by atoms with Gasteiger partial charge < -0.3 is 4.74 Å². The number of hydrogen-bond donors (Lipinski definition) is 0. The number of ether oxygens (including phenoxy) is 1. The Hall–Kier alpha value is -0.450. The molecule has 0 aliphatic heterocycles. The van der Waals surface area contributed by atoms with Crippen molar-refractivity contribution in [3.8, 4) is 0 Å². The van der Waals surface area contributed by atoms with Gasteiger partial charge in [0.2, 0.25) is 0 Å². The highest BCUT2D eigenvalue weighted by Gasteiger charge is 2.73. The molecular formula is C6H5ClF4O. The van der Waals surface area contributed by atoms with E-state index in [1.165, 1.54) is 6.92 Å². The van der Waals surface area contributed by atoms with E-state index < -0.39 is 22.6 Å². The second-order valence-corrected chi connectivity index (χ2v) is 2.60.